The standard InChI is InChI=1S/C20H30N4O2/c1-15(2)14-17(21)19(25)23-12-10-22(11-13-23)18-8-9-24(20(18)26)16-6-4-3-5-7-16/h3-7,15,17-18H,8-14,21H2,1-2H3/t17-,18?/m0/s1. The third-order valence-corrected chi connectivity index (χ3v) is 5.35. The first-order chi connectivity index (χ1) is 12.5. The maximum atomic E-state index is 12.8. The first-order valence-electron chi connectivity index (χ1n) is 9.62. The SMILES string of the molecule is CC(C)C[C@H](N)C(=O)N1CCN(C2CCN(c3ccccc3)C2=O)CC1. The van der Waals surface area contributed by atoms with Crippen molar-refractivity contribution in [1.29, 1.82) is 0 Å². The quantitative estimate of drug-likeness (QED) is 0.862. The molecule has 2 atom stereocenters. The van der Waals surface area contributed by atoms with Gasteiger partial charge in [-0.25, -0.2) is 0 Å². The summed E-state index contributed by atoms with van der Waals surface area (Å²) in [6.45, 7) is 7.69. The fourth-order valence-electron chi connectivity index (χ4n) is 3.97. The van der Waals surface area contributed by atoms with Crippen molar-refractivity contribution in [2.24, 2.45) is 11.7 Å². The number of nitrogens with zero attached hydrogens (tertiary/aromatic N) is 3. The first-order valence-corrected chi connectivity index (χ1v) is 9.62. The zero-order chi connectivity index (χ0) is 18.7. The highest BCUT2D eigenvalue weighted by molar-refractivity contribution is 5.99. The van der Waals surface area contributed by atoms with Gasteiger partial charge in [0.05, 0.1) is 12.1 Å². The molecule has 2 fully saturated rings. The van der Waals surface area contributed by atoms with Gasteiger partial charge in [-0.3, -0.25) is 14.5 Å². The number of carbonyl (C=O) groups is 2. The van der Waals surface area contributed by atoms with Crippen molar-refractivity contribution in [1.82, 2.24) is 9.80 Å². The number of hydrogen-bond acceptors (Lipinski definition) is 4. The van der Waals surface area contributed by atoms with Gasteiger partial charge in [0.25, 0.3) is 0 Å². The van der Waals surface area contributed by atoms with Gasteiger partial charge in [-0.1, -0.05) is 32.0 Å². The Morgan fingerprint density at radius 2 is 1.77 bits per heavy atom. The molecule has 0 aliphatic carbocycles. The van der Waals surface area contributed by atoms with E-state index in [0.717, 1.165) is 31.7 Å². The predicted molar refractivity (Wildman–Crippen MR) is 103 cm³/mol. The van der Waals surface area contributed by atoms with E-state index in [1.165, 1.54) is 0 Å². The van der Waals surface area contributed by atoms with E-state index in [-0.39, 0.29) is 17.9 Å². The lowest BCUT2D eigenvalue weighted by Gasteiger charge is -2.38. The zero-order valence-electron chi connectivity index (χ0n) is 15.8. The first kappa shape index (κ1) is 18.9. The molecular formula is C20H30N4O2. The Morgan fingerprint density at radius 3 is 2.38 bits per heavy atom. The van der Waals surface area contributed by atoms with Crippen molar-refractivity contribution in [2.45, 2.75) is 38.8 Å². The molecule has 2 N–H and O–H groups in total. The highest BCUT2D eigenvalue weighted by atomic mass is 16.2. The van der Waals surface area contributed by atoms with E-state index in [1.807, 2.05) is 40.1 Å². The molecule has 142 valence electrons. The van der Waals surface area contributed by atoms with Crippen LogP contribution in [0.15, 0.2) is 30.3 Å². The second kappa shape index (κ2) is 8.18. The normalized spacial score (nSPS) is 22.9. The smallest absolute Gasteiger partial charge is 0.244 e. The number of benzene rings is 1. The number of nitrogens with two attached hydrogens (primary N) is 1. The Bertz CT molecular complexity index is 626. The number of hydrogen-bond donors (Lipinski definition) is 1. The van der Waals surface area contributed by atoms with E-state index < -0.39 is 6.04 Å². The van der Waals surface area contributed by atoms with Gasteiger partial charge in [0.2, 0.25) is 11.8 Å². The molecule has 0 radical (unpaired) electrons. The van der Waals surface area contributed by atoms with Crippen molar-refractivity contribution in [3.05, 3.63) is 30.3 Å². The molecule has 2 amide bonds. The third kappa shape index (κ3) is 4.07. The van der Waals surface area contributed by atoms with Crippen LogP contribution in [0.2, 0.25) is 0 Å². The van der Waals surface area contributed by atoms with Crippen molar-refractivity contribution in [3.8, 4) is 0 Å². The van der Waals surface area contributed by atoms with E-state index in [1.54, 1.807) is 0 Å². The number of anilines is 1. The minimum absolute atomic E-state index is 0.0435. The molecule has 3 rings (SSSR count). The predicted octanol–water partition coefficient (Wildman–Crippen LogP) is 1.31. The van der Waals surface area contributed by atoms with Crippen molar-refractivity contribution < 1.29 is 9.59 Å². The van der Waals surface area contributed by atoms with E-state index in [2.05, 4.69) is 18.7 Å². The minimum atomic E-state index is -0.414. The molecule has 1 aromatic rings. The molecular weight excluding hydrogens is 328 g/mol. The van der Waals surface area contributed by atoms with Gasteiger partial charge in [-0.2, -0.15) is 0 Å². The third-order valence-electron chi connectivity index (χ3n) is 5.35. The van der Waals surface area contributed by atoms with Crippen LogP contribution in [0, 0.1) is 5.92 Å². The summed E-state index contributed by atoms with van der Waals surface area (Å²) in [4.78, 5) is 31.3. The largest absolute Gasteiger partial charge is 0.339 e. The average Bonchev–Trinajstić information content (AvgIpc) is 3.03. The van der Waals surface area contributed by atoms with Gasteiger partial charge in [-0.05, 0) is 30.9 Å². The van der Waals surface area contributed by atoms with Gasteiger partial charge >= 0.3 is 0 Å². The summed E-state index contributed by atoms with van der Waals surface area (Å²) in [6, 6.07) is 9.35. The Hall–Kier alpha value is -1.92. The Balaban J connectivity index is 1.54. The number of rotatable bonds is 5. The summed E-state index contributed by atoms with van der Waals surface area (Å²) in [5.74, 6) is 0.629. The summed E-state index contributed by atoms with van der Waals surface area (Å²) in [5, 5.41) is 0. The van der Waals surface area contributed by atoms with Gasteiger partial charge in [0.15, 0.2) is 0 Å². The molecule has 2 heterocycles. The van der Waals surface area contributed by atoms with Crippen molar-refractivity contribution in [2.75, 3.05) is 37.6 Å². The highest BCUT2D eigenvalue weighted by Crippen LogP contribution is 2.25. The molecule has 2 aliphatic rings. The van der Waals surface area contributed by atoms with E-state index in [9.17, 15) is 9.59 Å². The molecule has 1 aromatic carbocycles. The molecule has 0 saturated carbocycles. The Labute approximate surface area is 155 Å². The number of carbonyl (C=O) groups excluding carboxylic acids is 2. The highest BCUT2D eigenvalue weighted by Gasteiger charge is 2.38. The number of amides is 2. The van der Waals surface area contributed by atoms with Gasteiger partial charge < -0.3 is 15.5 Å². The topological polar surface area (TPSA) is 69.9 Å². The Morgan fingerprint density at radius 1 is 1.12 bits per heavy atom. The van der Waals surface area contributed by atoms with Gasteiger partial charge in [-0.15, -0.1) is 0 Å². The fraction of sp³-hybridized carbons (Fsp3) is 0.600. The summed E-state index contributed by atoms with van der Waals surface area (Å²) >= 11 is 0. The summed E-state index contributed by atoms with van der Waals surface area (Å²) in [6.07, 6.45) is 1.56. The second-order valence-corrected chi connectivity index (χ2v) is 7.73. The van der Waals surface area contributed by atoms with Crippen LogP contribution in [0.1, 0.15) is 26.7 Å². The number of piperazine rings is 1. The number of para-hydroxylation sites is 1. The molecule has 0 spiro atoms. The van der Waals surface area contributed by atoms with Crippen molar-refractivity contribution in [3.63, 3.8) is 0 Å². The lowest BCUT2D eigenvalue weighted by Crippen LogP contribution is -2.56. The van der Waals surface area contributed by atoms with Crippen LogP contribution in [-0.4, -0.2) is 66.4 Å². The molecule has 6 heteroatoms. The zero-order valence-corrected chi connectivity index (χ0v) is 15.8. The molecule has 2 saturated heterocycles. The monoisotopic (exact) mass is 358 g/mol. The molecule has 0 aromatic heterocycles. The van der Waals surface area contributed by atoms with Crippen LogP contribution in [0.25, 0.3) is 0 Å². The van der Waals surface area contributed by atoms with Gasteiger partial charge in [0, 0.05) is 38.4 Å². The van der Waals surface area contributed by atoms with E-state index in [0.29, 0.717) is 25.4 Å². The van der Waals surface area contributed by atoms with Crippen LogP contribution in [-0.2, 0) is 9.59 Å². The molecule has 26 heavy (non-hydrogen) atoms. The van der Waals surface area contributed by atoms with Gasteiger partial charge in [0.1, 0.15) is 0 Å². The van der Waals surface area contributed by atoms with Crippen LogP contribution < -0.4 is 10.6 Å². The maximum absolute atomic E-state index is 12.8. The lowest BCUT2D eigenvalue weighted by atomic mass is 10.0. The maximum Gasteiger partial charge on any atom is 0.244 e. The van der Waals surface area contributed by atoms with Crippen LogP contribution >= 0.6 is 0 Å². The van der Waals surface area contributed by atoms with Crippen LogP contribution in [0.3, 0.4) is 0 Å². The summed E-state index contributed by atoms with van der Waals surface area (Å²) in [7, 11) is 0. The summed E-state index contributed by atoms with van der Waals surface area (Å²) < 4.78 is 0. The fourth-order valence-corrected chi connectivity index (χ4v) is 3.97. The lowest BCUT2D eigenvalue weighted by molar-refractivity contribution is -0.135. The molecule has 0 bridgehead atoms. The molecule has 6 nitrogen and oxygen atoms in total. The average molecular weight is 358 g/mol. The van der Waals surface area contributed by atoms with E-state index >= 15 is 0 Å². The van der Waals surface area contributed by atoms with Crippen LogP contribution in [0.5, 0.6) is 0 Å². The van der Waals surface area contributed by atoms with Crippen LogP contribution in [0.4, 0.5) is 5.69 Å². The second-order valence-electron chi connectivity index (χ2n) is 7.73. The Kier molecular flexibility index (Phi) is 5.94. The van der Waals surface area contributed by atoms with E-state index in [4.69, 9.17) is 5.73 Å². The molecule has 2 aliphatic heterocycles. The summed E-state index contributed by atoms with van der Waals surface area (Å²) in [5.41, 5.74) is 7.01. The molecule has 1 unspecified atom stereocenters. The minimum Gasteiger partial charge on any atom is -0.339 e. The van der Waals surface area contributed by atoms with Crippen molar-refractivity contribution >= 4 is 17.5 Å².